The summed E-state index contributed by atoms with van der Waals surface area (Å²) >= 11 is 1.48. The summed E-state index contributed by atoms with van der Waals surface area (Å²) in [4.78, 5) is 21.3. The van der Waals surface area contributed by atoms with Gasteiger partial charge in [0.2, 0.25) is 0 Å². The van der Waals surface area contributed by atoms with Crippen LogP contribution in [0.25, 0.3) is 6.08 Å². The molecule has 1 saturated heterocycles. The van der Waals surface area contributed by atoms with Crippen molar-refractivity contribution in [2.45, 2.75) is 26.5 Å². The summed E-state index contributed by atoms with van der Waals surface area (Å²) in [6.07, 6.45) is 1.98. The molecule has 6 heteroatoms. The number of piperazine rings is 1. The average Bonchev–Trinajstić information content (AvgIpc) is 3.11. The van der Waals surface area contributed by atoms with Gasteiger partial charge in [-0.1, -0.05) is 48.5 Å². The smallest absolute Gasteiger partial charge is 0.286 e. The van der Waals surface area contributed by atoms with Gasteiger partial charge in [0.25, 0.3) is 5.91 Å². The maximum Gasteiger partial charge on any atom is 0.286 e. The fourth-order valence-electron chi connectivity index (χ4n) is 3.71. The van der Waals surface area contributed by atoms with Crippen molar-refractivity contribution < 1.29 is 14.4 Å². The molecule has 2 heterocycles. The topological polar surface area (TPSA) is 46.3 Å². The Hall–Kier alpha value is -2.57. The van der Waals surface area contributed by atoms with Crippen molar-refractivity contribution in [3.8, 4) is 5.75 Å². The van der Waals surface area contributed by atoms with E-state index in [1.54, 1.807) is 4.90 Å². The van der Waals surface area contributed by atoms with E-state index in [4.69, 9.17) is 4.74 Å². The van der Waals surface area contributed by atoms with Crippen LogP contribution in [0.1, 0.15) is 25.0 Å². The average molecular weight is 423 g/mol. The highest BCUT2D eigenvalue weighted by Gasteiger charge is 2.30. The molecule has 30 heavy (non-hydrogen) atoms. The lowest BCUT2D eigenvalue weighted by Crippen LogP contribution is -3.13. The van der Waals surface area contributed by atoms with Crippen LogP contribution in [0.5, 0.6) is 5.75 Å². The van der Waals surface area contributed by atoms with Crippen LogP contribution in [0.15, 0.2) is 64.5 Å². The van der Waals surface area contributed by atoms with Gasteiger partial charge in [0.1, 0.15) is 12.3 Å². The number of carbonyl (C=O) groups excluding carboxylic acids is 1. The van der Waals surface area contributed by atoms with E-state index in [-0.39, 0.29) is 12.0 Å². The van der Waals surface area contributed by atoms with Crippen molar-refractivity contribution in [2.24, 2.45) is 4.99 Å². The van der Waals surface area contributed by atoms with Crippen molar-refractivity contribution in [3.63, 3.8) is 0 Å². The Balaban J connectivity index is 1.37. The fourth-order valence-corrected chi connectivity index (χ4v) is 4.67. The van der Waals surface area contributed by atoms with E-state index >= 15 is 0 Å². The number of nitrogens with zero attached hydrogens (tertiary/aromatic N) is 2. The lowest BCUT2D eigenvalue weighted by atomic mass is 10.2. The Morgan fingerprint density at radius 1 is 1.10 bits per heavy atom. The van der Waals surface area contributed by atoms with Crippen LogP contribution in [0, 0.1) is 0 Å². The van der Waals surface area contributed by atoms with Crippen LogP contribution in [0.4, 0.5) is 0 Å². The summed E-state index contributed by atoms with van der Waals surface area (Å²) in [7, 11) is 0. The number of hydrogen-bond donors (Lipinski definition) is 1. The highest BCUT2D eigenvalue weighted by atomic mass is 32.2. The standard InChI is InChI=1S/C24H27N3O2S/c1-18(2)29-21-11-7-6-10-20(21)16-22-23(28)25-24(30-22)27-14-12-26(13-15-27)17-19-8-4-3-5-9-19/h3-11,16,18H,12-15,17H2,1-2H3/p+1/b22-16+. The first-order valence-corrected chi connectivity index (χ1v) is 11.3. The number of benzene rings is 2. The van der Waals surface area contributed by atoms with E-state index in [2.05, 4.69) is 40.2 Å². The van der Waals surface area contributed by atoms with Gasteiger partial charge in [-0.3, -0.25) is 4.79 Å². The quantitative estimate of drug-likeness (QED) is 0.753. The number of para-hydroxylation sites is 1. The Morgan fingerprint density at radius 3 is 2.53 bits per heavy atom. The fraction of sp³-hybridized carbons (Fsp3) is 0.333. The molecule has 1 amide bonds. The number of amides is 1. The third-order valence-electron chi connectivity index (χ3n) is 5.22. The maximum absolute atomic E-state index is 12.5. The molecular weight excluding hydrogens is 394 g/mol. The minimum atomic E-state index is -0.159. The van der Waals surface area contributed by atoms with Gasteiger partial charge in [-0.05, 0) is 37.8 Å². The van der Waals surface area contributed by atoms with Crippen molar-refractivity contribution in [1.29, 1.82) is 0 Å². The number of quaternary nitrogens is 1. The molecule has 0 bridgehead atoms. The van der Waals surface area contributed by atoms with Crippen molar-refractivity contribution in [2.75, 3.05) is 26.2 Å². The van der Waals surface area contributed by atoms with Gasteiger partial charge in [-0.25, -0.2) is 0 Å². The second kappa shape index (κ2) is 9.49. The highest BCUT2D eigenvalue weighted by Crippen LogP contribution is 2.32. The van der Waals surface area contributed by atoms with Crippen molar-refractivity contribution in [1.82, 2.24) is 4.90 Å². The predicted octanol–water partition coefficient (Wildman–Crippen LogP) is 2.84. The van der Waals surface area contributed by atoms with Crippen molar-refractivity contribution in [3.05, 3.63) is 70.6 Å². The highest BCUT2D eigenvalue weighted by molar-refractivity contribution is 8.18. The molecule has 2 aliphatic rings. The molecule has 2 aromatic carbocycles. The number of carbonyl (C=O) groups is 1. The Bertz CT molecular complexity index is 948. The molecular formula is C24H28N3O2S+. The summed E-state index contributed by atoms with van der Waals surface area (Å²) in [6.45, 7) is 8.98. The summed E-state index contributed by atoms with van der Waals surface area (Å²) in [6, 6.07) is 18.4. The third-order valence-corrected chi connectivity index (χ3v) is 6.26. The van der Waals surface area contributed by atoms with Crippen molar-refractivity contribution >= 4 is 28.9 Å². The molecule has 0 radical (unpaired) electrons. The first-order chi connectivity index (χ1) is 14.6. The minimum Gasteiger partial charge on any atom is -0.490 e. The largest absolute Gasteiger partial charge is 0.490 e. The summed E-state index contributed by atoms with van der Waals surface area (Å²) < 4.78 is 5.88. The van der Waals surface area contributed by atoms with Gasteiger partial charge < -0.3 is 14.5 Å². The van der Waals surface area contributed by atoms with E-state index in [0.29, 0.717) is 4.91 Å². The maximum atomic E-state index is 12.5. The number of amidine groups is 1. The molecule has 156 valence electrons. The zero-order chi connectivity index (χ0) is 20.9. The second-order valence-corrected chi connectivity index (χ2v) is 8.92. The number of thioether (sulfide) groups is 1. The van der Waals surface area contributed by atoms with E-state index in [1.807, 2.05) is 44.2 Å². The number of hydrogen-bond acceptors (Lipinski definition) is 4. The number of rotatable bonds is 5. The molecule has 0 unspecified atom stereocenters. The number of nitrogens with one attached hydrogen (secondary N) is 1. The number of ether oxygens (including phenoxy) is 1. The molecule has 0 aromatic heterocycles. The first kappa shape index (κ1) is 20.7. The predicted molar refractivity (Wildman–Crippen MR) is 123 cm³/mol. The van der Waals surface area contributed by atoms with Gasteiger partial charge in [0.05, 0.1) is 37.2 Å². The van der Waals surface area contributed by atoms with Crippen LogP contribution in [0.2, 0.25) is 0 Å². The lowest BCUT2D eigenvalue weighted by Gasteiger charge is -2.32. The molecule has 0 atom stereocenters. The summed E-state index contributed by atoms with van der Waals surface area (Å²) in [5.74, 6) is 0.633. The zero-order valence-electron chi connectivity index (χ0n) is 17.5. The normalized spacial score (nSPS) is 18.9. The number of aliphatic imine (C=N–C) groups is 1. The van der Waals surface area contributed by atoms with Gasteiger partial charge in [-0.2, -0.15) is 4.99 Å². The van der Waals surface area contributed by atoms with Crippen LogP contribution in [0.3, 0.4) is 0 Å². The van der Waals surface area contributed by atoms with Gasteiger partial charge in [0, 0.05) is 11.1 Å². The Kier molecular flexibility index (Phi) is 6.55. The van der Waals surface area contributed by atoms with E-state index in [0.717, 1.165) is 49.2 Å². The molecule has 0 spiro atoms. The zero-order valence-corrected chi connectivity index (χ0v) is 18.3. The van der Waals surface area contributed by atoms with Crippen LogP contribution < -0.4 is 9.64 Å². The van der Waals surface area contributed by atoms with Gasteiger partial charge in [0.15, 0.2) is 5.17 Å². The summed E-state index contributed by atoms with van der Waals surface area (Å²) in [5.41, 5.74) is 2.28. The van der Waals surface area contributed by atoms with Crippen LogP contribution in [-0.2, 0) is 11.3 Å². The van der Waals surface area contributed by atoms with E-state index < -0.39 is 0 Å². The molecule has 1 N–H and O–H groups in total. The Labute approximate surface area is 182 Å². The molecule has 4 rings (SSSR count). The third kappa shape index (κ3) is 5.12. The molecule has 5 nitrogen and oxygen atoms in total. The first-order valence-electron chi connectivity index (χ1n) is 10.5. The molecule has 0 saturated carbocycles. The molecule has 2 aromatic rings. The Morgan fingerprint density at radius 2 is 1.80 bits per heavy atom. The minimum absolute atomic E-state index is 0.0815. The monoisotopic (exact) mass is 422 g/mol. The summed E-state index contributed by atoms with van der Waals surface area (Å²) in [5, 5.41) is 0.826. The van der Waals surface area contributed by atoms with E-state index in [1.165, 1.54) is 17.3 Å². The van der Waals surface area contributed by atoms with Gasteiger partial charge >= 0.3 is 0 Å². The second-order valence-electron chi connectivity index (χ2n) is 7.91. The van der Waals surface area contributed by atoms with Crippen LogP contribution in [-0.4, -0.2) is 48.3 Å². The molecule has 2 aliphatic heterocycles. The van der Waals surface area contributed by atoms with Crippen LogP contribution >= 0.6 is 11.8 Å². The molecule has 0 aliphatic carbocycles. The van der Waals surface area contributed by atoms with E-state index in [9.17, 15) is 4.79 Å². The lowest BCUT2D eigenvalue weighted by molar-refractivity contribution is -0.917. The SMILES string of the molecule is CC(C)Oc1ccccc1/C=C1/SC(N2CC[NH+](Cc3ccccc3)CC2)=NC1=O. The molecule has 1 fully saturated rings. The van der Waals surface area contributed by atoms with Gasteiger partial charge in [-0.15, -0.1) is 0 Å².